The predicted molar refractivity (Wildman–Crippen MR) is 80.7 cm³/mol. The molecule has 0 aliphatic carbocycles. The Morgan fingerprint density at radius 1 is 1.14 bits per heavy atom. The van der Waals surface area contributed by atoms with Crippen LogP contribution in [0.25, 0.3) is 0 Å². The lowest BCUT2D eigenvalue weighted by atomic mass is 10.2. The zero-order valence-corrected chi connectivity index (χ0v) is 13.4. The van der Waals surface area contributed by atoms with Crippen molar-refractivity contribution in [2.24, 2.45) is 0 Å². The highest BCUT2D eigenvalue weighted by Crippen LogP contribution is 2.28. The molecular formula is C14H12BrF2NO2S. The van der Waals surface area contributed by atoms with Gasteiger partial charge in [-0.25, -0.2) is 17.2 Å². The third-order valence-electron chi connectivity index (χ3n) is 2.85. The molecular weight excluding hydrogens is 364 g/mol. The Hall–Kier alpha value is -1.47. The third-order valence-corrected chi connectivity index (χ3v) is 5.19. The van der Waals surface area contributed by atoms with Crippen LogP contribution in [0, 0.1) is 11.6 Å². The fraction of sp³-hybridized carbons (Fsp3) is 0.143. The van der Waals surface area contributed by atoms with E-state index in [0.29, 0.717) is 11.8 Å². The van der Waals surface area contributed by atoms with E-state index < -0.39 is 26.6 Å². The van der Waals surface area contributed by atoms with E-state index in [1.807, 2.05) is 6.92 Å². The quantitative estimate of drug-likeness (QED) is 0.874. The number of anilines is 1. The van der Waals surface area contributed by atoms with Crippen LogP contribution in [0.1, 0.15) is 12.5 Å². The maximum absolute atomic E-state index is 13.7. The molecule has 1 N–H and O–H groups in total. The molecule has 0 atom stereocenters. The Kier molecular flexibility index (Phi) is 4.63. The van der Waals surface area contributed by atoms with Crippen molar-refractivity contribution in [1.82, 2.24) is 0 Å². The molecule has 0 bridgehead atoms. The molecule has 2 aromatic carbocycles. The number of nitrogens with one attached hydrogen (secondary N) is 1. The normalized spacial score (nSPS) is 11.4. The third kappa shape index (κ3) is 3.59. The minimum atomic E-state index is -4.15. The van der Waals surface area contributed by atoms with Crippen LogP contribution in [0.5, 0.6) is 0 Å². The molecule has 21 heavy (non-hydrogen) atoms. The summed E-state index contributed by atoms with van der Waals surface area (Å²) < 4.78 is 53.3. The summed E-state index contributed by atoms with van der Waals surface area (Å²) in [7, 11) is -4.15. The molecule has 0 heterocycles. The topological polar surface area (TPSA) is 46.2 Å². The van der Waals surface area contributed by atoms with Gasteiger partial charge in [0.25, 0.3) is 10.0 Å². The van der Waals surface area contributed by atoms with E-state index in [-0.39, 0.29) is 4.47 Å². The van der Waals surface area contributed by atoms with Gasteiger partial charge >= 0.3 is 0 Å². The van der Waals surface area contributed by atoms with Crippen molar-refractivity contribution in [3.63, 3.8) is 0 Å². The smallest absolute Gasteiger partial charge is 0.265 e. The van der Waals surface area contributed by atoms with E-state index in [2.05, 4.69) is 20.7 Å². The molecule has 7 heteroatoms. The lowest BCUT2D eigenvalue weighted by molar-refractivity contribution is 0.548. The number of benzene rings is 2. The van der Waals surface area contributed by atoms with Crippen LogP contribution in [-0.4, -0.2) is 8.42 Å². The van der Waals surface area contributed by atoms with Crippen LogP contribution in [0.15, 0.2) is 45.8 Å². The summed E-state index contributed by atoms with van der Waals surface area (Å²) in [6.07, 6.45) is 0.825. The van der Waals surface area contributed by atoms with Gasteiger partial charge in [0, 0.05) is 16.2 Å². The summed E-state index contributed by atoms with van der Waals surface area (Å²) >= 11 is 2.87. The molecule has 0 saturated carbocycles. The van der Waals surface area contributed by atoms with Crippen LogP contribution >= 0.6 is 15.9 Å². The van der Waals surface area contributed by atoms with Gasteiger partial charge in [0.15, 0.2) is 0 Å². The molecule has 0 fully saturated rings. The zero-order chi connectivity index (χ0) is 15.6. The molecule has 0 saturated heterocycles. The van der Waals surface area contributed by atoms with E-state index in [0.717, 1.165) is 18.1 Å². The van der Waals surface area contributed by atoms with Gasteiger partial charge in [-0.05, 0) is 46.1 Å². The Balaban J connectivity index is 2.38. The highest BCUT2D eigenvalue weighted by molar-refractivity contribution is 9.10. The summed E-state index contributed by atoms with van der Waals surface area (Å²) in [5.41, 5.74) is 1.36. The molecule has 0 spiro atoms. The zero-order valence-electron chi connectivity index (χ0n) is 11.0. The maximum atomic E-state index is 13.7. The first-order chi connectivity index (χ1) is 9.83. The van der Waals surface area contributed by atoms with Crippen molar-refractivity contribution in [2.75, 3.05) is 4.72 Å². The van der Waals surface area contributed by atoms with E-state index in [1.165, 1.54) is 0 Å². The summed E-state index contributed by atoms with van der Waals surface area (Å²) in [6, 6.07) is 8.15. The van der Waals surface area contributed by atoms with Crippen LogP contribution in [0.3, 0.4) is 0 Å². The highest BCUT2D eigenvalue weighted by Gasteiger charge is 2.23. The average molecular weight is 376 g/mol. The summed E-state index contributed by atoms with van der Waals surface area (Å²) in [4.78, 5) is -0.622. The molecule has 0 aliphatic heterocycles. The molecule has 0 aliphatic rings. The molecule has 112 valence electrons. The number of rotatable bonds is 4. The molecule has 0 radical (unpaired) electrons. The monoisotopic (exact) mass is 375 g/mol. The van der Waals surface area contributed by atoms with Gasteiger partial charge in [0.2, 0.25) is 0 Å². The first-order valence-corrected chi connectivity index (χ1v) is 8.37. The Bertz CT molecular complexity index is 738. The Morgan fingerprint density at radius 2 is 1.76 bits per heavy atom. The second-order valence-corrected chi connectivity index (χ2v) is 6.83. The summed E-state index contributed by atoms with van der Waals surface area (Å²) in [6.45, 7) is 1.98. The lowest BCUT2D eigenvalue weighted by Crippen LogP contribution is -2.15. The molecule has 2 rings (SSSR count). The number of sulfonamides is 1. The first kappa shape index (κ1) is 15.9. The fourth-order valence-electron chi connectivity index (χ4n) is 1.80. The molecule has 0 amide bonds. The number of hydrogen-bond acceptors (Lipinski definition) is 2. The second kappa shape index (κ2) is 6.11. The van der Waals surface area contributed by atoms with Crippen molar-refractivity contribution in [2.45, 2.75) is 18.2 Å². The van der Waals surface area contributed by atoms with Crippen LogP contribution in [0.4, 0.5) is 14.5 Å². The summed E-state index contributed by atoms with van der Waals surface area (Å²) in [5, 5.41) is 0. The Labute approximate surface area is 130 Å². The summed E-state index contributed by atoms with van der Waals surface area (Å²) in [5.74, 6) is -2.01. The average Bonchev–Trinajstić information content (AvgIpc) is 2.37. The van der Waals surface area contributed by atoms with E-state index in [4.69, 9.17) is 0 Å². The molecule has 3 nitrogen and oxygen atoms in total. The Morgan fingerprint density at radius 3 is 2.29 bits per heavy atom. The molecule has 2 aromatic rings. The van der Waals surface area contributed by atoms with Gasteiger partial charge < -0.3 is 0 Å². The van der Waals surface area contributed by atoms with Crippen LogP contribution in [-0.2, 0) is 16.4 Å². The van der Waals surface area contributed by atoms with Gasteiger partial charge in [0.05, 0.1) is 0 Å². The predicted octanol–water partition coefficient (Wildman–Crippen LogP) is 4.09. The number of halogens is 3. The highest BCUT2D eigenvalue weighted by atomic mass is 79.9. The lowest BCUT2D eigenvalue weighted by Gasteiger charge is -2.11. The van der Waals surface area contributed by atoms with Crippen molar-refractivity contribution >= 4 is 31.6 Å². The van der Waals surface area contributed by atoms with E-state index in [1.54, 1.807) is 24.3 Å². The minimum Gasteiger partial charge on any atom is -0.280 e. The van der Waals surface area contributed by atoms with Gasteiger partial charge in [-0.2, -0.15) is 0 Å². The van der Waals surface area contributed by atoms with Gasteiger partial charge in [-0.3, -0.25) is 4.72 Å². The van der Waals surface area contributed by atoms with E-state index in [9.17, 15) is 17.2 Å². The van der Waals surface area contributed by atoms with Gasteiger partial charge in [-0.15, -0.1) is 0 Å². The minimum absolute atomic E-state index is 0.169. The van der Waals surface area contributed by atoms with Gasteiger partial charge in [-0.1, -0.05) is 19.1 Å². The van der Waals surface area contributed by atoms with E-state index >= 15 is 0 Å². The SMILES string of the molecule is CCc1ccc(NS(=O)(=O)c2c(F)cc(F)cc2Br)cc1. The van der Waals surface area contributed by atoms with Crippen LogP contribution in [0.2, 0.25) is 0 Å². The van der Waals surface area contributed by atoms with Crippen molar-refractivity contribution in [3.8, 4) is 0 Å². The molecule has 0 unspecified atom stereocenters. The maximum Gasteiger partial charge on any atom is 0.265 e. The standard InChI is InChI=1S/C14H12BrF2NO2S/c1-2-9-3-5-11(6-4-9)18-21(19,20)14-12(15)7-10(16)8-13(14)17/h3-8,18H,2H2,1H3. The second-order valence-electron chi connectivity index (χ2n) is 4.35. The first-order valence-electron chi connectivity index (χ1n) is 6.10. The van der Waals surface area contributed by atoms with Crippen molar-refractivity contribution in [1.29, 1.82) is 0 Å². The van der Waals surface area contributed by atoms with Crippen molar-refractivity contribution < 1.29 is 17.2 Å². The molecule has 0 aromatic heterocycles. The van der Waals surface area contributed by atoms with Gasteiger partial charge in [0.1, 0.15) is 16.5 Å². The van der Waals surface area contributed by atoms with Crippen LogP contribution < -0.4 is 4.72 Å². The fourth-order valence-corrected chi connectivity index (χ4v) is 4.03. The number of hydrogen-bond donors (Lipinski definition) is 1. The number of aryl methyl sites for hydroxylation is 1. The van der Waals surface area contributed by atoms with Crippen molar-refractivity contribution in [3.05, 3.63) is 58.1 Å². The largest absolute Gasteiger partial charge is 0.280 e.